The van der Waals surface area contributed by atoms with Crippen LogP contribution in [0.15, 0.2) is 0 Å². The fourth-order valence-electron chi connectivity index (χ4n) is 1.24. The van der Waals surface area contributed by atoms with Gasteiger partial charge in [0.2, 0.25) is 0 Å². The SMILES string of the molecule is CCC(C)(C)C1(O)COCOC1. The Kier molecular flexibility index (Phi) is 2.76. The molecular weight excluding hydrogens is 156 g/mol. The molecule has 0 spiro atoms. The van der Waals surface area contributed by atoms with Gasteiger partial charge in [0.15, 0.2) is 0 Å². The van der Waals surface area contributed by atoms with Crippen LogP contribution < -0.4 is 0 Å². The molecule has 1 N–H and O–H groups in total. The lowest BCUT2D eigenvalue weighted by atomic mass is 9.73. The Balaban J connectivity index is 2.68. The Morgan fingerprint density at radius 2 is 1.83 bits per heavy atom. The van der Waals surface area contributed by atoms with Gasteiger partial charge in [0, 0.05) is 0 Å². The highest BCUT2D eigenvalue weighted by atomic mass is 16.7. The van der Waals surface area contributed by atoms with Crippen LogP contribution in [0.3, 0.4) is 0 Å². The van der Waals surface area contributed by atoms with Gasteiger partial charge in [-0.25, -0.2) is 0 Å². The van der Waals surface area contributed by atoms with Crippen molar-refractivity contribution in [2.45, 2.75) is 32.8 Å². The molecule has 0 radical (unpaired) electrons. The van der Waals surface area contributed by atoms with Crippen LogP contribution in [0.2, 0.25) is 0 Å². The monoisotopic (exact) mass is 174 g/mol. The van der Waals surface area contributed by atoms with Crippen molar-refractivity contribution in [1.82, 2.24) is 0 Å². The van der Waals surface area contributed by atoms with Crippen LogP contribution >= 0.6 is 0 Å². The van der Waals surface area contributed by atoms with Crippen LogP contribution in [0.4, 0.5) is 0 Å². The molecule has 1 aliphatic heterocycles. The average molecular weight is 174 g/mol. The summed E-state index contributed by atoms with van der Waals surface area (Å²) in [5.74, 6) is 0. The molecule has 1 aliphatic rings. The molecule has 72 valence electrons. The third-order valence-electron chi connectivity index (χ3n) is 2.99. The second kappa shape index (κ2) is 3.32. The molecule has 1 saturated heterocycles. The van der Waals surface area contributed by atoms with Gasteiger partial charge in [0.25, 0.3) is 0 Å². The molecule has 1 rings (SSSR count). The molecule has 0 aromatic carbocycles. The minimum Gasteiger partial charge on any atom is -0.384 e. The lowest BCUT2D eigenvalue weighted by Gasteiger charge is -2.43. The fraction of sp³-hybridized carbons (Fsp3) is 1.00. The third-order valence-corrected chi connectivity index (χ3v) is 2.99. The summed E-state index contributed by atoms with van der Waals surface area (Å²) in [4.78, 5) is 0. The first-order valence-corrected chi connectivity index (χ1v) is 4.40. The normalized spacial score (nSPS) is 24.0. The quantitative estimate of drug-likeness (QED) is 0.682. The molecule has 1 heterocycles. The minimum atomic E-state index is -0.819. The average Bonchev–Trinajstić information content (AvgIpc) is 2.06. The van der Waals surface area contributed by atoms with Crippen LogP contribution in [0, 0.1) is 5.41 Å². The van der Waals surface area contributed by atoms with E-state index in [1.54, 1.807) is 0 Å². The molecule has 0 atom stereocenters. The van der Waals surface area contributed by atoms with Crippen molar-refractivity contribution in [2.24, 2.45) is 5.41 Å². The van der Waals surface area contributed by atoms with Gasteiger partial charge in [0.1, 0.15) is 12.4 Å². The molecule has 1 fully saturated rings. The summed E-state index contributed by atoms with van der Waals surface area (Å²) >= 11 is 0. The second-order valence-electron chi connectivity index (χ2n) is 4.08. The summed E-state index contributed by atoms with van der Waals surface area (Å²) in [6.07, 6.45) is 0.913. The highest BCUT2D eigenvalue weighted by Crippen LogP contribution is 2.36. The summed E-state index contributed by atoms with van der Waals surface area (Å²) in [6, 6.07) is 0. The van der Waals surface area contributed by atoms with Crippen LogP contribution in [0.25, 0.3) is 0 Å². The molecule has 0 unspecified atom stereocenters. The molecule has 12 heavy (non-hydrogen) atoms. The van der Waals surface area contributed by atoms with Crippen LogP contribution in [-0.4, -0.2) is 30.7 Å². The van der Waals surface area contributed by atoms with E-state index >= 15 is 0 Å². The van der Waals surface area contributed by atoms with Crippen molar-refractivity contribution in [3.63, 3.8) is 0 Å². The molecule has 0 aromatic heterocycles. The standard InChI is InChI=1S/C9H18O3/c1-4-8(2,3)9(10)5-11-7-12-6-9/h10H,4-7H2,1-3H3. The van der Waals surface area contributed by atoms with Gasteiger partial charge >= 0.3 is 0 Å². The number of hydrogen-bond donors (Lipinski definition) is 1. The van der Waals surface area contributed by atoms with Crippen LogP contribution in [0.1, 0.15) is 27.2 Å². The predicted molar refractivity (Wildman–Crippen MR) is 45.8 cm³/mol. The highest BCUT2D eigenvalue weighted by Gasteiger charge is 2.44. The van der Waals surface area contributed by atoms with Crippen molar-refractivity contribution in [3.05, 3.63) is 0 Å². The predicted octanol–water partition coefficient (Wildman–Crippen LogP) is 1.16. The van der Waals surface area contributed by atoms with Crippen molar-refractivity contribution >= 4 is 0 Å². The van der Waals surface area contributed by atoms with E-state index in [2.05, 4.69) is 6.92 Å². The van der Waals surface area contributed by atoms with Gasteiger partial charge < -0.3 is 14.6 Å². The molecule has 0 aromatic rings. The molecule has 3 nitrogen and oxygen atoms in total. The Hall–Kier alpha value is -0.120. The maximum absolute atomic E-state index is 10.1. The Bertz CT molecular complexity index is 148. The molecule has 3 heteroatoms. The fourth-order valence-corrected chi connectivity index (χ4v) is 1.24. The van der Waals surface area contributed by atoms with Crippen molar-refractivity contribution < 1.29 is 14.6 Å². The van der Waals surface area contributed by atoms with Gasteiger partial charge in [-0.15, -0.1) is 0 Å². The zero-order chi connectivity index (χ0) is 9.24. The van der Waals surface area contributed by atoms with Gasteiger partial charge in [-0.1, -0.05) is 20.8 Å². The number of aliphatic hydroxyl groups is 1. The van der Waals surface area contributed by atoms with Gasteiger partial charge in [0.05, 0.1) is 13.2 Å². The van der Waals surface area contributed by atoms with Crippen LogP contribution in [-0.2, 0) is 9.47 Å². The van der Waals surface area contributed by atoms with E-state index in [1.807, 2.05) is 13.8 Å². The molecule has 0 saturated carbocycles. The first kappa shape index (κ1) is 9.96. The van der Waals surface area contributed by atoms with E-state index in [-0.39, 0.29) is 5.41 Å². The van der Waals surface area contributed by atoms with Gasteiger partial charge in [-0.2, -0.15) is 0 Å². The van der Waals surface area contributed by atoms with E-state index in [0.717, 1.165) is 6.42 Å². The van der Waals surface area contributed by atoms with Crippen molar-refractivity contribution in [1.29, 1.82) is 0 Å². The number of rotatable bonds is 2. The Morgan fingerprint density at radius 1 is 1.33 bits per heavy atom. The smallest absolute Gasteiger partial charge is 0.147 e. The minimum absolute atomic E-state index is 0.145. The number of hydrogen-bond acceptors (Lipinski definition) is 3. The van der Waals surface area contributed by atoms with Crippen molar-refractivity contribution in [2.75, 3.05) is 20.0 Å². The van der Waals surface area contributed by atoms with Gasteiger partial charge in [-0.05, 0) is 11.8 Å². The lowest BCUT2D eigenvalue weighted by Crippen LogP contribution is -2.54. The number of ether oxygens (including phenoxy) is 2. The van der Waals surface area contributed by atoms with E-state index in [9.17, 15) is 5.11 Å². The third kappa shape index (κ3) is 1.63. The molecule has 0 aliphatic carbocycles. The van der Waals surface area contributed by atoms with Crippen LogP contribution in [0.5, 0.6) is 0 Å². The van der Waals surface area contributed by atoms with E-state index in [1.165, 1.54) is 0 Å². The summed E-state index contributed by atoms with van der Waals surface area (Å²) in [5.41, 5.74) is -0.965. The van der Waals surface area contributed by atoms with Crippen molar-refractivity contribution in [3.8, 4) is 0 Å². The summed E-state index contributed by atoms with van der Waals surface area (Å²) < 4.78 is 10.2. The largest absolute Gasteiger partial charge is 0.384 e. The molecule has 0 bridgehead atoms. The summed E-state index contributed by atoms with van der Waals surface area (Å²) in [6.45, 7) is 7.20. The zero-order valence-corrected chi connectivity index (χ0v) is 8.09. The van der Waals surface area contributed by atoms with E-state index in [0.29, 0.717) is 20.0 Å². The molecule has 0 amide bonds. The highest BCUT2D eigenvalue weighted by molar-refractivity contribution is 4.93. The first-order chi connectivity index (χ1) is 5.52. The molecular formula is C9H18O3. The lowest BCUT2D eigenvalue weighted by molar-refractivity contribution is -0.237. The Morgan fingerprint density at radius 3 is 2.25 bits per heavy atom. The first-order valence-electron chi connectivity index (χ1n) is 4.40. The topological polar surface area (TPSA) is 38.7 Å². The van der Waals surface area contributed by atoms with Gasteiger partial charge in [-0.3, -0.25) is 0 Å². The van der Waals surface area contributed by atoms with E-state index in [4.69, 9.17) is 9.47 Å². The summed E-state index contributed by atoms with van der Waals surface area (Å²) in [7, 11) is 0. The zero-order valence-electron chi connectivity index (χ0n) is 8.09. The summed E-state index contributed by atoms with van der Waals surface area (Å²) in [5, 5.41) is 10.1. The second-order valence-corrected chi connectivity index (χ2v) is 4.08. The van der Waals surface area contributed by atoms with E-state index < -0.39 is 5.60 Å². The maximum atomic E-state index is 10.1. The Labute approximate surface area is 73.7 Å². The maximum Gasteiger partial charge on any atom is 0.147 e.